The van der Waals surface area contributed by atoms with Gasteiger partial charge in [0.2, 0.25) is 0 Å². The molecule has 3 aliphatic rings. The van der Waals surface area contributed by atoms with E-state index in [0.717, 1.165) is 53.9 Å². The maximum Gasteiger partial charge on any atom is 0.335 e. The highest BCUT2D eigenvalue weighted by molar-refractivity contribution is 7.22. The molecule has 7 rings (SSSR count). The number of piperidine rings is 1. The van der Waals surface area contributed by atoms with Crippen molar-refractivity contribution >= 4 is 32.7 Å². The van der Waals surface area contributed by atoms with Crippen molar-refractivity contribution < 1.29 is 27.9 Å². The van der Waals surface area contributed by atoms with E-state index in [1.807, 2.05) is 0 Å². The molecule has 0 unspecified atom stereocenters. The number of ether oxygens (including phenoxy) is 1. The average molecular weight is 538 g/mol. The molecule has 10 heteroatoms. The minimum absolute atomic E-state index is 0.00277. The van der Waals surface area contributed by atoms with E-state index in [4.69, 9.17) is 14.2 Å². The maximum absolute atomic E-state index is 14.6. The lowest BCUT2D eigenvalue weighted by atomic mass is 10.00. The van der Waals surface area contributed by atoms with Crippen LogP contribution in [0.4, 0.5) is 13.9 Å². The number of nitrogens with zero attached hydrogens (tertiary/aromatic N) is 3. The second-order valence-electron chi connectivity index (χ2n) is 10.4. The van der Waals surface area contributed by atoms with E-state index >= 15 is 0 Å². The fraction of sp³-hybridized carbons (Fsp3) is 0.393. The van der Waals surface area contributed by atoms with E-state index < -0.39 is 17.6 Å². The van der Waals surface area contributed by atoms with Crippen LogP contribution in [0.15, 0.2) is 40.9 Å². The third kappa shape index (κ3) is 4.06. The van der Waals surface area contributed by atoms with Gasteiger partial charge in [0.1, 0.15) is 23.1 Å². The number of fused-ring (bicyclic) bond motifs is 3. The molecule has 0 spiro atoms. The van der Waals surface area contributed by atoms with E-state index in [1.165, 1.54) is 29.5 Å². The first kappa shape index (κ1) is 23.7. The Morgan fingerprint density at radius 1 is 1.11 bits per heavy atom. The Balaban J connectivity index is 1.10. The van der Waals surface area contributed by atoms with Crippen molar-refractivity contribution in [2.45, 2.75) is 69.2 Å². The predicted molar refractivity (Wildman–Crippen MR) is 138 cm³/mol. The lowest BCUT2D eigenvalue weighted by molar-refractivity contribution is 0.0147. The smallest absolute Gasteiger partial charge is 0.335 e. The summed E-state index contributed by atoms with van der Waals surface area (Å²) in [7, 11) is 0. The van der Waals surface area contributed by atoms with Gasteiger partial charge in [-0.25, -0.2) is 18.6 Å². The van der Waals surface area contributed by atoms with Gasteiger partial charge in [0, 0.05) is 23.6 Å². The molecule has 1 N–H and O–H groups in total. The zero-order valence-electron chi connectivity index (χ0n) is 20.4. The highest BCUT2D eigenvalue weighted by Gasteiger charge is 2.43. The SMILES string of the molecule is O=C(O)c1ccc2nc(N3[C@@H]4CC[C@H]3C[C@@H](OCc3c(-c5c(F)cccc5F)noc3C3CC3)C4)sc2c1. The number of carbonyl (C=O) groups is 1. The first-order valence-electron chi connectivity index (χ1n) is 12.9. The van der Waals surface area contributed by atoms with Crippen molar-refractivity contribution in [2.75, 3.05) is 4.90 Å². The Morgan fingerprint density at radius 3 is 2.53 bits per heavy atom. The molecule has 0 amide bonds. The normalized spacial score (nSPS) is 22.9. The number of aromatic carboxylic acids is 1. The summed E-state index contributed by atoms with van der Waals surface area (Å²) in [4.78, 5) is 18.5. The molecule has 7 nitrogen and oxygen atoms in total. The van der Waals surface area contributed by atoms with E-state index in [0.29, 0.717) is 11.3 Å². The number of carboxylic acids is 1. The molecule has 2 aromatic heterocycles. The summed E-state index contributed by atoms with van der Waals surface area (Å²) in [6.45, 7) is 0.196. The summed E-state index contributed by atoms with van der Waals surface area (Å²) in [6, 6.07) is 9.38. The van der Waals surface area contributed by atoms with Crippen LogP contribution in [0.25, 0.3) is 21.5 Å². The molecule has 1 aliphatic carbocycles. The van der Waals surface area contributed by atoms with Crippen molar-refractivity contribution in [3.8, 4) is 11.3 Å². The van der Waals surface area contributed by atoms with E-state index in [1.54, 1.807) is 18.2 Å². The second kappa shape index (κ2) is 9.13. The number of rotatable bonds is 7. The van der Waals surface area contributed by atoms with Gasteiger partial charge < -0.3 is 19.3 Å². The van der Waals surface area contributed by atoms with Gasteiger partial charge in [-0.15, -0.1) is 0 Å². The molecular weight excluding hydrogens is 512 g/mol. The standard InChI is InChI=1S/C28H25F2N3O4S/c29-20-2-1-3-21(30)24(20)25-19(26(37-32-25)14-4-5-14)13-36-18-11-16-7-8-17(12-18)33(16)28-31-22-9-6-15(27(34)35)10-23(22)38-28/h1-3,6,9-10,14,16-18H,4-5,7-8,11-13H2,(H,34,35)/t16-,17+,18+. The van der Waals surface area contributed by atoms with Crippen molar-refractivity contribution in [3.63, 3.8) is 0 Å². The van der Waals surface area contributed by atoms with Gasteiger partial charge in [-0.05, 0) is 68.9 Å². The van der Waals surface area contributed by atoms with Crippen molar-refractivity contribution in [1.82, 2.24) is 10.1 Å². The first-order chi connectivity index (χ1) is 18.5. The van der Waals surface area contributed by atoms with Gasteiger partial charge in [0.05, 0.1) is 34.1 Å². The van der Waals surface area contributed by atoms with E-state index in [9.17, 15) is 18.7 Å². The fourth-order valence-electron chi connectivity index (χ4n) is 5.98. The van der Waals surface area contributed by atoms with Crippen LogP contribution < -0.4 is 4.90 Å². The number of thiazole rings is 1. The zero-order chi connectivity index (χ0) is 26.0. The largest absolute Gasteiger partial charge is 0.478 e. The topological polar surface area (TPSA) is 88.7 Å². The third-order valence-electron chi connectivity index (χ3n) is 7.96. The number of carboxylic acid groups (broad SMARTS) is 1. The number of benzene rings is 2. The minimum atomic E-state index is -0.946. The lowest BCUT2D eigenvalue weighted by Gasteiger charge is -2.38. The Labute approximate surface area is 221 Å². The molecule has 196 valence electrons. The summed E-state index contributed by atoms with van der Waals surface area (Å²) in [5.41, 5.74) is 1.74. The molecule has 1 saturated carbocycles. The van der Waals surface area contributed by atoms with Crippen LogP contribution in [0, 0.1) is 11.6 Å². The molecule has 4 heterocycles. The van der Waals surface area contributed by atoms with Crippen LogP contribution >= 0.6 is 11.3 Å². The van der Waals surface area contributed by atoms with Gasteiger partial charge in [-0.1, -0.05) is 22.6 Å². The molecule has 3 fully saturated rings. The number of halogens is 2. The number of hydrogen-bond acceptors (Lipinski definition) is 7. The third-order valence-corrected chi connectivity index (χ3v) is 9.00. The molecular formula is C28H25F2N3O4S. The lowest BCUT2D eigenvalue weighted by Crippen LogP contribution is -2.45. The molecule has 4 aromatic rings. The summed E-state index contributed by atoms with van der Waals surface area (Å²) >= 11 is 1.53. The van der Waals surface area contributed by atoms with Crippen LogP contribution in [0.5, 0.6) is 0 Å². The summed E-state index contributed by atoms with van der Waals surface area (Å²) in [5.74, 6) is -1.38. The van der Waals surface area contributed by atoms with Gasteiger partial charge in [0.25, 0.3) is 0 Å². The van der Waals surface area contributed by atoms with Crippen LogP contribution in [-0.2, 0) is 11.3 Å². The Kier molecular flexibility index (Phi) is 5.70. The number of anilines is 1. The van der Waals surface area contributed by atoms with Gasteiger partial charge in [-0.3, -0.25) is 0 Å². The minimum Gasteiger partial charge on any atom is -0.478 e. The summed E-state index contributed by atoms with van der Waals surface area (Å²) < 4.78 is 42.0. The average Bonchev–Trinajstić information content (AvgIpc) is 3.42. The molecule has 38 heavy (non-hydrogen) atoms. The highest BCUT2D eigenvalue weighted by atomic mass is 32.1. The molecule has 3 atom stereocenters. The molecule has 2 saturated heterocycles. The molecule has 0 radical (unpaired) electrons. The van der Waals surface area contributed by atoms with Gasteiger partial charge >= 0.3 is 5.97 Å². The number of aromatic nitrogens is 2. The monoisotopic (exact) mass is 537 g/mol. The van der Waals surface area contributed by atoms with Crippen LogP contribution in [0.3, 0.4) is 0 Å². The molecule has 2 aliphatic heterocycles. The van der Waals surface area contributed by atoms with Crippen molar-refractivity contribution in [3.05, 3.63) is 64.9 Å². The fourth-order valence-corrected chi connectivity index (χ4v) is 7.13. The van der Waals surface area contributed by atoms with E-state index in [-0.39, 0.29) is 47.5 Å². The summed E-state index contributed by atoms with van der Waals surface area (Å²) in [5, 5.41) is 14.3. The van der Waals surface area contributed by atoms with Gasteiger partial charge in [0.15, 0.2) is 5.13 Å². The second-order valence-corrected chi connectivity index (χ2v) is 11.4. The van der Waals surface area contributed by atoms with Crippen LogP contribution in [0.2, 0.25) is 0 Å². The Bertz CT molecular complexity index is 1510. The quantitative estimate of drug-likeness (QED) is 0.287. The van der Waals surface area contributed by atoms with Crippen molar-refractivity contribution in [1.29, 1.82) is 0 Å². The predicted octanol–water partition coefficient (Wildman–Crippen LogP) is 6.52. The molecule has 2 aromatic carbocycles. The molecule has 2 bridgehead atoms. The van der Waals surface area contributed by atoms with Crippen LogP contribution in [-0.4, -0.2) is 39.4 Å². The van der Waals surface area contributed by atoms with E-state index in [2.05, 4.69) is 10.1 Å². The number of hydrogen-bond donors (Lipinski definition) is 1. The van der Waals surface area contributed by atoms with Gasteiger partial charge in [-0.2, -0.15) is 0 Å². The Morgan fingerprint density at radius 2 is 1.84 bits per heavy atom. The first-order valence-corrected chi connectivity index (χ1v) is 13.7. The van der Waals surface area contributed by atoms with Crippen LogP contribution in [0.1, 0.15) is 66.1 Å². The Hall–Kier alpha value is -3.37. The maximum atomic E-state index is 14.6. The summed E-state index contributed by atoms with van der Waals surface area (Å²) in [6.07, 6.45) is 5.65. The highest BCUT2D eigenvalue weighted by Crippen LogP contribution is 2.46. The van der Waals surface area contributed by atoms with Crippen molar-refractivity contribution in [2.24, 2.45) is 0 Å². The zero-order valence-corrected chi connectivity index (χ0v) is 21.2.